The number of esters is 1. The van der Waals surface area contributed by atoms with Gasteiger partial charge in [0.25, 0.3) is 0 Å². The van der Waals surface area contributed by atoms with Gasteiger partial charge in [-0.2, -0.15) is 0 Å². The van der Waals surface area contributed by atoms with Crippen LogP contribution in [0.5, 0.6) is 5.75 Å². The largest absolute Gasteiger partial charge is 0.494 e. The van der Waals surface area contributed by atoms with Crippen molar-refractivity contribution in [3.05, 3.63) is 64.3 Å². The van der Waals surface area contributed by atoms with Crippen LogP contribution in [0.15, 0.2) is 34.9 Å². The summed E-state index contributed by atoms with van der Waals surface area (Å²) in [5.41, 5.74) is 3.83. The Morgan fingerprint density at radius 1 is 1.10 bits per heavy atom. The smallest absolute Gasteiger partial charge is 0.344 e. The molecular formula is C22H24N2O5. The number of Topliss-reactive ketones (excluding diaryl/α,β-unsaturated/α-hetero) is 1. The highest BCUT2D eigenvalue weighted by molar-refractivity contribution is 6.01. The lowest BCUT2D eigenvalue weighted by molar-refractivity contribution is 0.0472. The zero-order valence-corrected chi connectivity index (χ0v) is 17.2. The standard InChI is InChI=1S/C22H24N2O5/c1-6-27-18-9-7-17(8-10-18)24-13(2)11-19(15(24)4)20(25)12-28-22(26)21-14(3)23-29-16(21)5/h7-11H,6,12H2,1-5H3. The highest BCUT2D eigenvalue weighted by Crippen LogP contribution is 2.23. The summed E-state index contributed by atoms with van der Waals surface area (Å²) in [7, 11) is 0. The topological polar surface area (TPSA) is 83.6 Å². The number of carbonyl (C=O) groups is 2. The van der Waals surface area contributed by atoms with Gasteiger partial charge < -0.3 is 18.6 Å². The summed E-state index contributed by atoms with van der Waals surface area (Å²) in [6, 6.07) is 9.47. The zero-order valence-electron chi connectivity index (χ0n) is 17.2. The Balaban J connectivity index is 1.77. The third kappa shape index (κ3) is 4.08. The average molecular weight is 396 g/mol. The number of aromatic nitrogens is 2. The number of hydrogen-bond acceptors (Lipinski definition) is 6. The molecule has 7 heteroatoms. The van der Waals surface area contributed by atoms with Crippen LogP contribution in [0.1, 0.15) is 50.5 Å². The van der Waals surface area contributed by atoms with E-state index in [0.717, 1.165) is 22.8 Å². The first kappa shape index (κ1) is 20.4. The molecule has 0 aliphatic heterocycles. The van der Waals surface area contributed by atoms with Gasteiger partial charge in [0.05, 0.1) is 12.3 Å². The van der Waals surface area contributed by atoms with E-state index in [9.17, 15) is 9.59 Å². The van der Waals surface area contributed by atoms with Crippen LogP contribution in [-0.4, -0.2) is 34.7 Å². The van der Waals surface area contributed by atoms with Crippen molar-refractivity contribution < 1.29 is 23.6 Å². The molecule has 0 unspecified atom stereocenters. The predicted octanol–water partition coefficient (Wildman–Crippen LogP) is 4.14. The molecule has 152 valence electrons. The normalized spacial score (nSPS) is 10.8. The first-order valence-electron chi connectivity index (χ1n) is 9.38. The molecule has 0 saturated heterocycles. The van der Waals surface area contributed by atoms with Crippen LogP contribution in [0.4, 0.5) is 0 Å². The number of rotatable bonds is 7. The molecule has 0 saturated carbocycles. The molecule has 0 amide bonds. The zero-order chi connectivity index (χ0) is 21.1. The van der Waals surface area contributed by atoms with E-state index >= 15 is 0 Å². The van der Waals surface area contributed by atoms with Gasteiger partial charge in [-0.1, -0.05) is 5.16 Å². The number of ether oxygens (including phenoxy) is 2. The number of benzene rings is 1. The minimum absolute atomic E-state index is 0.262. The van der Waals surface area contributed by atoms with E-state index in [-0.39, 0.29) is 18.0 Å². The van der Waals surface area contributed by atoms with Crippen LogP contribution in [-0.2, 0) is 4.74 Å². The third-order valence-corrected chi connectivity index (χ3v) is 4.71. The van der Waals surface area contributed by atoms with Gasteiger partial charge in [0.1, 0.15) is 17.1 Å². The Labute approximate surface area is 169 Å². The summed E-state index contributed by atoms with van der Waals surface area (Å²) in [6.45, 7) is 9.26. The summed E-state index contributed by atoms with van der Waals surface area (Å²) in [6.07, 6.45) is 0. The quantitative estimate of drug-likeness (QED) is 0.441. The van der Waals surface area contributed by atoms with Crippen LogP contribution in [0.2, 0.25) is 0 Å². The lowest BCUT2D eigenvalue weighted by Gasteiger charge is -2.11. The van der Waals surface area contributed by atoms with Gasteiger partial charge >= 0.3 is 5.97 Å². The molecule has 29 heavy (non-hydrogen) atoms. The Morgan fingerprint density at radius 3 is 2.38 bits per heavy atom. The number of ketones is 1. The van der Waals surface area contributed by atoms with Crippen molar-refractivity contribution >= 4 is 11.8 Å². The molecule has 3 rings (SSSR count). The predicted molar refractivity (Wildman–Crippen MR) is 107 cm³/mol. The minimum Gasteiger partial charge on any atom is -0.494 e. The lowest BCUT2D eigenvalue weighted by atomic mass is 10.1. The molecule has 0 radical (unpaired) electrons. The molecule has 1 aromatic carbocycles. The van der Waals surface area contributed by atoms with E-state index in [0.29, 0.717) is 23.6 Å². The van der Waals surface area contributed by atoms with Gasteiger partial charge in [0.15, 0.2) is 6.61 Å². The van der Waals surface area contributed by atoms with E-state index in [4.69, 9.17) is 14.0 Å². The maximum absolute atomic E-state index is 12.7. The van der Waals surface area contributed by atoms with Gasteiger partial charge in [-0.25, -0.2) is 4.79 Å². The fraction of sp³-hybridized carbons (Fsp3) is 0.318. The minimum atomic E-state index is -0.616. The molecule has 2 heterocycles. The number of hydrogen-bond donors (Lipinski definition) is 0. The molecule has 3 aromatic rings. The molecule has 0 atom stereocenters. The second-order valence-electron chi connectivity index (χ2n) is 6.75. The maximum Gasteiger partial charge on any atom is 0.344 e. The van der Waals surface area contributed by atoms with Crippen molar-refractivity contribution in [2.45, 2.75) is 34.6 Å². The number of carbonyl (C=O) groups excluding carboxylic acids is 2. The molecule has 0 aliphatic rings. The molecule has 0 aliphatic carbocycles. The highest BCUT2D eigenvalue weighted by Gasteiger charge is 2.22. The van der Waals surface area contributed by atoms with Crippen LogP contribution in [0, 0.1) is 27.7 Å². The summed E-state index contributed by atoms with van der Waals surface area (Å²) in [4.78, 5) is 25.0. The summed E-state index contributed by atoms with van der Waals surface area (Å²) in [5, 5.41) is 3.73. The van der Waals surface area contributed by atoms with Crippen LogP contribution in [0.3, 0.4) is 0 Å². The van der Waals surface area contributed by atoms with Gasteiger partial charge in [-0.05, 0) is 65.0 Å². The van der Waals surface area contributed by atoms with Crippen molar-refractivity contribution in [3.63, 3.8) is 0 Å². The fourth-order valence-electron chi connectivity index (χ4n) is 3.36. The molecule has 0 bridgehead atoms. The third-order valence-electron chi connectivity index (χ3n) is 4.71. The van der Waals surface area contributed by atoms with Crippen molar-refractivity contribution in [3.8, 4) is 11.4 Å². The molecule has 0 N–H and O–H groups in total. The second-order valence-corrected chi connectivity index (χ2v) is 6.75. The molecule has 0 spiro atoms. The van der Waals surface area contributed by atoms with Crippen molar-refractivity contribution in [1.29, 1.82) is 0 Å². The molecule has 2 aromatic heterocycles. The summed E-state index contributed by atoms with van der Waals surface area (Å²) in [5.74, 6) is 0.278. The summed E-state index contributed by atoms with van der Waals surface area (Å²) < 4.78 is 17.6. The lowest BCUT2D eigenvalue weighted by Crippen LogP contribution is -2.16. The molecule has 0 fully saturated rings. The Kier molecular flexibility index (Phi) is 5.87. The van der Waals surface area contributed by atoms with Gasteiger partial charge in [-0.15, -0.1) is 0 Å². The Morgan fingerprint density at radius 2 is 1.79 bits per heavy atom. The van der Waals surface area contributed by atoms with Crippen LogP contribution >= 0.6 is 0 Å². The summed E-state index contributed by atoms with van der Waals surface area (Å²) >= 11 is 0. The highest BCUT2D eigenvalue weighted by atomic mass is 16.5. The van der Waals surface area contributed by atoms with Crippen LogP contribution in [0.25, 0.3) is 5.69 Å². The average Bonchev–Trinajstić information content (AvgIpc) is 3.18. The first-order valence-corrected chi connectivity index (χ1v) is 9.38. The monoisotopic (exact) mass is 396 g/mol. The maximum atomic E-state index is 12.7. The molecular weight excluding hydrogens is 372 g/mol. The van der Waals surface area contributed by atoms with Gasteiger partial charge in [0.2, 0.25) is 5.78 Å². The van der Waals surface area contributed by atoms with Gasteiger partial charge in [0, 0.05) is 22.6 Å². The van der Waals surface area contributed by atoms with Crippen molar-refractivity contribution in [2.24, 2.45) is 0 Å². The number of aryl methyl sites for hydroxylation is 3. The fourth-order valence-corrected chi connectivity index (χ4v) is 3.36. The second kappa shape index (κ2) is 8.34. The Hall–Kier alpha value is -3.35. The number of nitrogens with zero attached hydrogens (tertiary/aromatic N) is 2. The van der Waals surface area contributed by atoms with E-state index in [1.807, 2.05) is 49.6 Å². The van der Waals surface area contributed by atoms with E-state index in [1.54, 1.807) is 19.9 Å². The van der Waals surface area contributed by atoms with E-state index < -0.39 is 5.97 Å². The first-order chi connectivity index (χ1) is 13.8. The van der Waals surface area contributed by atoms with Crippen molar-refractivity contribution in [1.82, 2.24) is 9.72 Å². The van der Waals surface area contributed by atoms with Crippen LogP contribution < -0.4 is 4.74 Å². The molecule has 7 nitrogen and oxygen atoms in total. The van der Waals surface area contributed by atoms with Crippen molar-refractivity contribution in [2.75, 3.05) is 13.2 Å². The van der Waals surface area contributed by atoms with E-state index in [1.165, 1.54) is 0 Å². The SMILES string of the molecule is CCOc1ccc(-n2c(C)cc(C(=O)COC(=O)c3c(C)noc3C)c2C)cc1. The van der Waals surface area contributed by atoms with Gasteiger partial charge in [-0.3, -0.25) is 4.79 Å². The Bertz CT molecular complexity index is 1020. The van der Waals surface area contributed by atoms with E-state index in [2.05, 4.69) is 5.16 Å².